The van der Waals surface area contributed by atoms with Gasteiger partial charge in [-0.3, -0.25) is 0 Å². The molecule has 3 heteroatoms. The molecule has 0 radical (unpaired) electrons. The van der Waals surface area contributed by atoms with Gasteiger partial charge in [-0.2, -0.15) is 0 Å². The van der Waals surface area contributed by atoms with E-state index in [1.54, 1.807) is 0 Å². The standard InChI is InChI=1S/C15H33N3/c1-4-9-18-10-7-15(13-16,8-11-18)17-12-14(5-2)6-3/h14,17H,4-13,16H2,1-3H3. The van der Waals surface area contributed by atoms with Crippen molar-refractivity contribution in [2.75, 3.05) is 32.7 Å². The quantitative estimate of drug-likeness (QED) is 0.699. The summed E-state index contributed by atoms with van der Waals surface area (Å²) in [6.45, 7) is 12.4. The van der Waals surface area contributed by atoms with Gasteiger partial charge in [-0.15, -0.1) is 0 Å². The fourth-order valence-electron chi connectivity index (χ4n) is 2.91. The highest BCUT2D eigenvalue weighted by molar-refractivity contribution is 4.94. The minimum Gasteiger partial charge on any atom is -0.329 e. The number of rotatable bonds is 8. The largest absolute Gasteiger partial charge is 0.329 e. The van der Waals surface area contributed by atoms with E-state index in [4.69, 9.17) is 5.73 Å². The Hall–Kier alpha value is -0.120. The van der Waals surface area contributed by atoms with Crippen LogP contribution in [0.15, 0.2) is 0 Å². The molecule has 0 aromatic carbocycles. The van der Waals surface area contributed by atoms with Crippen LogP contribution in [0.3, 0.4) is 0 Å². The number of nitrogens with one attached hydrogen (secondary N) is 1. The second-order valence-corrected chi connectivity index (χ2v) is 5.89. The summed E-state index contributed by atoms with van der Waals surface area (Å²) in [4.78, 5) is 2.58. The molecule has 0 amide bonds. The summed E-state index contributed by atoms with van der Waals surface area (Å²) < 4.78 is 0. The number of hydrogen-bond acceptors (Lipinski definition) is 3. The Balaban J connectivity index is 2.40. The molecule has 1 rings (SSSR count). The fourth-order valence-corrected chi connectivity index (χ4v) is 2.91. The highest BCUT2D eigenvalue weighted by Gasteiger charge is 2.32. The van der Waals surface area contributed by atoms with Crippen molar-refractivity contribution >= 4 is 0 Å². The molecule has 3 N–H and O–H groups in total. The van der Waals surface area contributed by atoms with E-state index in [9.17, 15) is 0 Å². The van der Waals surface area contributed by atoms with Crippen LogP contribution in [0.25, 0.3) is 0 Å². The van der Waals surface area contributed by atoms with Gasteiger partial charge in [0.1, 0.15) is 0 Å². The van der Waals surface area contributed by atoms with Crippen molar-refractivity contribution in [1.29, 1.82) is 0 Å². The summed E-state index contributed by atoms with van der Waals surface area (Å²) in [6.07, 6.45) is 6.22. The summed E-state index contributed by atoms with van der Waals surface area (Å²) in [7, 11) is 0. The molecule has 18 heavy (non-hydrogen) atoms. The first kappa shape index (κ1) is 15.9. The maximum absolute atomic E-state index is 6.05. The van der Waals surface area contributed by atoms with Crippen LogP contribution in [0.5, 0.6) is 0 Å². The van der Waals surface area contributed by atoms with Crippen molar-refractivity contribution in [1.82, 2.24) is 10.2 Å². The van der Waals surface area contributed by atoms with Crippen LogP contribution in [0, 0.1) is 5.92 Å². The lowest BCUT2D eigenvalue weighted by Crippen LogP contribution is -2.58. The predicted octanol–water partition coefficient (Wildman–Crippen LogP) is 2.22. The van der Waals surface area contributed by atoms with Gasteiger partial charge in [-0.05, 0) is 51.4 Å². The van der Waals surface area contributed by atoms with Gasteiger partial charge in [0.25, 0.3) is 0 Å². The van der Waals surface area contributed by atoms with Gasteiger partial charge >= 0.3 is 0 Å². The van der Waals surface area contributed by atoms with E-state index in [-0.39, 0.29) is 5.54 Å². The Labute approximate surface area is 113 Å². The zero-order chi connectivity index (χ0) is 13.4. The van der Waals surface area contributed by atoms with Crippen LogP contribution in [-0.2, 0) is 0 Å². The van der Waals surface area contributed by atoms with Crippen molar-refractivity contribution in [2.45, 2.75) is 58.4 Å². The number of likely N-dealkylation sites (tertiary alicyclic amines) is 1. The van der Waals surface area contributed by atoms with E-state index in [1.165, 1.54) is 51.7 Å². The number of nitrogens with two attached hydrogens (primary N) is 1. The first-order chi connectivity index (χ1) is 8.69. The molecule has 0 aromatic heterocycles. The Morgan fingerprint density at radius 1 is 1.17 bits per heavy atom. The molecule has 0 unspecified atom stereocenters. The third-order valence-electron chi connectivity index (χ3n) is 4.66. The van der Waals surface area contributed by atoms with Gasteiger partial charge < -0.3 is 16.0 Å². The molecular formula is C15H33N3. The van der Waals surface area contributed by atoms with Gasteiger partial charge in [-0.25, -0.2) is 0 Å². The summed E-state index contributed by atoms with van der Waals surface area (Å²) >= 11 is 0. The minimum absolute atomic E-state index is 0.215. The first-order valence-electron chi connectivity index (χ1n) is 7.87. The third-order valence-corrected chi connectivity index (χ3v) is 4.66. The molecule has 1 fully saturated rings. The number of hydrogen-bond donors (Lipinski definition) is 2. The van der Waals surface area contributed by atoms with Gasteiger partial charge in [0.2, 0.25) is 0 Å². The molecule has 1 aliphatic heterocycles. The normalized spacial score (nSPS) is 20.5. The fraction of sp³-hybridized carbons (Fsp3) is 1.00. The molecule has 0 spiro atoms. The van der Waals surface area contributed by atoms with Crippen molar-refractivity contribution in [3.63, 3.8) is 0 Å². The van der Waals surface area contributed by atoms with Crippen LogP contribution in [0.4, 0.5) is 0 Å². The lowest BCUT2D eigenvalue weighted by atomic mass is 9.86. The van der Waals surface area contributed by atoms with Gasteiger partial charge in [0.05, 0.1) is 0 Å². The van der Waals surface area contributed by atoms with Crippen LogP contribution in [-0.4, -0.2) is 43.2 Å². The lowest BCUT2D eigenvalue weighted by Gasteiger charge is -2.42. The first-order valence-corrected chi connectivity index (χ1v) is 7.87. The molecule has 1 aliphatic rings. The molecule has 0 atom stereocenters. The molecule has 0 bridgehead atoms. The molecule has 108 valence electrons. The molecule has 3 nitrogen and oxygen atoms in total. The summed E-state index contributed by atoms with van der Waals surface area (Å²) in [5.74, 6) is 0.807. The zero-order valence-corrected chi connectivity index (χ0v) is 12.7. The van der Waals surface area contributed by atoms with Crippen molar-refractivity contribution in [3.05, 3.63) is 0 Å². The van der Waals surface area contributed by atoms with E-state index in [0.29, 0.717) is 0 Å². The lowest BCUT2D eigenvalue weighted by molar-refractivity contribution is 0.134. The molecule has 1 saturated heterocycles. The average molecular weight is 255 g/mol. The zero-order valence-electron chi connectivity index (χ0n) is 12.7. The maximum atomic E-state index is 6.05. The predicted molar refractivity (Wildman–Crippen MR) is 79.8 cm³/mol. The number of nitrogens with zero attached hydrogens (tertiary/aromatic N) is 1. The highest BCUT2D eigenvalue weighted by atomic mass is 15.2. The third kappa shape index (κ3) is 4.52. The molecule has 1 heterocycles. The second-order valence-electron chi connectivity index (χ2n) is 5.89. The van der Waals surface area contributed by atoms with Gasteiger partial charge in [0, 0.05) is 12.1 Å². The van der Waals surface area contributed by atoms with E-state index in [2.05, 4.69) is 31.0 Å². The highest BCUT2D eigenvalue weighted by Crippen LogP contribution is 2.22. The van der Waals surface area contributed by atoms with Crippen molar-refractivity contribution < 1.29 is 0 Å². The van der Waals surface area contributed by atoms with Crippen LogP contribution in [0.2, 0.25) is 0 Å². The van der Waals surface area contributed by atoms with Crippen LogP contribution >= 0.6 is 0 Å². The summed E-state index contributed by atoms with van der Waals surface area (Å²) in [5, 5.41) is 3.80. The minimum atomic E-state index is 0.215. The van der Waals surface area contributed by atoms with Crippen LogP contribution < -0.4 is 11.1 Å². The van der Waals surface area contributed by atoms with Crippen LogP contribution in [0.1, 0.15) is 52.9 Å². The molecular weight excluding hydrogens is 222 g/mol. The second kappa shape index (κ2) is 8.13. The van der Waals surface area contributed by atoms with Gasteiger partial charge in [-0.1, -0.05) is 33.6 Å². The van der Waals surface area contributed by atoms with E-state index >= 15 is 0 Å². The van der Waals surface area contributed by atoms with E-state index < -0.39 is 0 Å². The monoisotopic (exact) mass is 255 g/mol. The SMILES string of the molecule is CCCN1CCC(CN)(NCC(CC)CC)CC1. The molecule has 0 saturated carbocycles. The van der Waals surface area contributed by atoms with Crippen molar-refractivity contribution in [3.8, 4) is 0 Å². The average Bonchev–Trinajstić information content (AvgIpc) is 2.42. The van der Waals surface area contributed by atoms with Crippen molar-refractivity contribution in [2.24, 2.45) is 11.7 Å². The summed E-state index contributed by atoms with van der Waals surface area (Å²) in [5.41, 5.74) is 6.26. The number of piperidine rings is 1. The Kier molecular flexibility index (Phi) is 7.20. The van der Waals surface area contributed by atoms with E-state index in [0.717, 1.165) is 19.0 Å². The van der Waals surface area contributed by atoms with Gasteiger partial charge in [0.15, 0.2) is 0 Å². The topological polar surface area (TPSA) is 41.3 Å². The van der Waals surface area contributed by atoms with E-state index in [1.807, 2.05) is 0 Å². The Morgan fingerprint density at radius 2 is 1.78 bits per heavy atom. The maximum Gasteiger partial charge on any atom is 0.0328 e. The summed E-state index contributed by atoms with van der Waals surface area (Å²) in [6, 6.07) is 0. The Bertz CT molecular complexity index is 206. The smallest absolute Gasteiger partial charge is 0.0328 e. The molecule has 0 aromatic rings. The molecule has 0 aliphatic carbocycles. The Morgan fingerprint density at radius 3 is 2.22 bits per heavy atom.